The third-order valence-electron chi connectivity index (χ3n) is 6.78. The van der Waals surface area contributed by atoms with Gasteiger partial charge in [-0.2, -0.15) is 0 Å². The summed E-state index contributed by atoms with van der Waals surface area (Å²) in [6, 6.07) is 0. The van der Waals surface area contributed by atoms with Gasteiger partial charge in [0, 0.05) is 0 Å². The summed E-state index contributed by atoms with van der Waals surface area (Å²) in [4.78, 5) is 0. The van der Waals surface area contributed by atoms with Crippen LogP contribution in [0.1, 0.15) is 143 Å². The summed E-state index contributed by atoms with van der Waals surface area (Å²) >= 11 is 3.15. The third-order valence-corrected chi connectivity index (χ3v) is 18.3. The summed E-state index contributed by atoms with van der Waals surface area (Å²) in [5.41, 5.74) is 0. The summed E-state index contributed by atoms with van der Waals surface area (Å²) in [7, 11) is 0. The Labute approximate surface area is 193 Å². The van der Waals surface area contributed by atoms with Crippen LogP contribution >= 0.6 is 26.3 Å². The molecule has 2 heteroatoms. The Morgan fingerprint density at radius 2 is 0.571 bits per heavy atom. The zero-order chi connectivity index (χ0) is 21.0. The Kier molecular flexibility index (Phi) is 19.7. The molecule has 0 aromatic carbocycles. The molecule has 172 valence electrons. The Balaban J connectivity index is 4.82. The van der Waals surface area contributed by atoms with Crippen molar-refractivity contribution in [3.8, 4) is 0 Å². The quantitative estimate of drug-likeness (QED) is 0.0748. The first kappa shape index (κ1) is 29.2. The van der Waals surface area contributed by atoms with Gasteiger partial charge in [-0.05, 0) is 0 Å². The second-order valence-electron chi connectivity index (χ2n) is 9.66. The standard InChI is InChI=1S/C26H56IP/c1-5-9-13-15-17-21-25-28(27,23-19-11-7-3,24-20-12-8-4)26-22-18-16-14-10-6-2/h5-26H2,1-4H3. The molecular formula is C26H56IP. The van der Waals surface area contributed by atoms with Crippen molar-refractivity contribution in [1.82, 2.24) is 0 Å². The molecule has 0 amide bonds. The topological polar surface area (TPSA) is 0 Å². The number of rotatable bonds is 22. The van der Waals surface area contributed by atoms with Crippen molar-refractivity contribution in [1.29, 1.82) is 0 Å². The first-order valence-corrected chi connectivity index (χ1v) is 19.0. The molecule has 0 saturated heterocycles. The van der Waals surface area contributed by atoms with Crippen LogP contribution in [0.3, 0.4) is 0 Å². The molecule has 0 aromatic rings. The Bertz CT molecular complexity index is 298. The van der Waals surface area contributed by atoms with Crippen LogP contribution in [0.5, 0.6) is 0 Å². The Hall–Kier alpha value is 1.16. The predicted octanol–water partition coefficient (Wildman–Crippen LogP) is 11.0. The van der Waals surface area contributed by atoms with Gasteiger partial charge in [-0.25, -0.2) is 0 Å². The molecule has 0 nitrogen and oxygen atoms in total. The predicted molar refractivity (Wildman–Crippen MR) is 146 cm³/mol. The average Bonchev–Trinajstić information content (AvgIpc) is 2.68. The van der Waals surface area contributed by atoms with Gasteiger partial charge in [0.25, 0.3) is 0 Å². The maximum absolute atomic E-state index is 3.15. The molecule has 0 atom stereocenters. The van der Waals surface area contributed by atoms with Crippen molar-refractivity contribution in [3.63, 3.8) is 0 Å². The fraction of sp³-hybridized carbons (Fsp3) is 1.00. The summed E-state index contributed by atoms with van der Waals surface area (Å²) in [5.74, 6) is 0. The van der Waals surface area contributed by atoms with Gasteiger partial charge in [-0.3, -0.25) is 0 Å². The molecule has 0 bridgehead atoms. The van der Waals surface area contributed by atoms with Crippen molar-refractivity contribution in [2.24, 2.45) is 0 Å². The van der Waals surface area contributed by atoms with E-state index in [1.165, 1.54) is 116 Å². The van der Waals surface area contributed by atoms with E-state index in [1.54, 1.807) is 24.6 Å². The minimum absolute atomic E-state index is 1.37. The fourth-order valence-corrected chi connectivity index (χ4v) is 14.3. The second kappa shape index (κ2) is 18.9. The van der Waals surface area contributed by atoms with Crippen LogP contribution in [-0.4, -0.2) is 24.6 Å². The SMILES string of the molecule is CCCCCCCCP(I)(CCCCC)(CCCCC)CCCCCCCC. The Morgan fingerprint density at radius 1 is 0.357 bits per heavy atom. The summed E-state index contributed by atoms with van der Waals surface area (Å²) in [6.07, 6.45) is 32.7. The van der Waals surface area contributed by atoms with E-state index in [0.717, 1.165) is 0 Å². The van der Waals surface area contributed by atoms with E-state index in [0.29, 0.717) is 0 Å². The molecule has 0 aromatic heterocycles. The van der Waals surface area contributed by atoms with Crippen LogP contribution in [0.15, 0.2) is 0 Å². The molecule has 0 unspecified atom stereocenters. The Morgan fingerprint density at radius 3 is 0.893 bits per heavy atom. The monoisotopic (exact) mass is 526 g/mol. The van der Waals surface area contributed by atoms with Crippen molar-refractivity contribution in [2.45, 2.75) is 143 Å². The fourth-order valence-electron chi connectivity index (χ4n) is 4.76. The van der Waals surface area contributed by atoms with Gasteiger partial charge in [0.15, 0.2) is 0 Å². The molecule has 0 aliphatic heterocycles. The zero-order valence-electron chi connectivity index (χ0n) is 20.4. The van der Waals surface area contributed by atoms with Crippen LogP contribution in [0.2, 0.25) is 0 Å². The van der Waals surface area contributed by atoms with Gasteiger partial charge in [-0.1, -0.05) is 0 Å². The zero-order valence-corrected chi connectivity index (χ0v) is 23.4. The van der Waals surface area contributed by atoms with Crippen molar-refractivity contribution >= 4 is 26.3 Å². The van der Waals surface area contributed by atoms with Gasteiger partial charge >= 0.3 is 194 Å². The third kappa shape index (κ3) is 15.0. The first-order valence-electron chi connectivity index (χ1n) is 13.3. The molecule has 0 rings (SSSR count). The minimum atomic E-state index is -1.53. The van der Waals surface area contributed by atoms with Crippen LogP contribution in [0.4, 0.5) is 0 Å². The van der Waals surface area contributed by atoms with E-state index in [9.17, 15) is 0 Å². The van der Waals surface area contributed by atoms with Gasteiger partial charge in [-0.15, -0.1) is 0 Å². The maximum atomic E-state index is 3.15. The van der Waals surface area contributed by atoms with Crippen LogP contribution in [-0.2, 0) is 0 Å². The molecule has 0 radical (unpaired) electrons. The molecule has 0 heterocycles. The number of hydrogen-bond donors (Lipinski definition) is 0. The molecular weight excluding hydrogens is 470 g/mol. The van der Waals surface area contributed by atoms with E-state index in [-0.39, 0.29) is 0 Å². The van der Waals surface area contributed by atoms with E-state index in [2.05, 4.69) is 49.7 Å². The van der Waals surface area contributed by atoms with Gasteiger partial charge in [0.05, 0.1) is 0 Å². The van der Waals surface area contributed by atoms with Crippen molar-refractivity contribution < 1.29 is 0 Å². The second-order valence-corrected chi connectivity index (χ2v) is 23.3. The van der Waals surface area contributed by atoms with Gasteiger partial charge < -0.3 is 0 Å². The van der Waals surface area contributed by atoms with E-state index < -0.39 is 4.25 Å². The normalized spacial score (nSPS) is 13.5. The summed E-state index contributed by atoms with van der Waals surface area (Å²) in [5, 5.41) is 0. The van der Waals surface area contributed by atoms with Gasteiger partial charge in [0.2, 0.25) is 0 Å². The molecule has 28 heavy (non-hydrogen) atoms. The van der Waals surface area contributed by atoms with Gasteiger partial charge in [0.1, 0.15) is 0 Å². The molecule has 0 aliphatic rings. The number of unbranched alkanes of at least 4 members (excludes halogenated alkanes) is 14. The van der Waals surface area contributed by atoms with E-state index in [1.807, 2.05) is 0 Å². The molecule has 0 aliphatic carbocycles. The summed E-state index contributed by atoms with van der Waals surface area (Å²) in [6.45, 7) is 9.42. The van der Waals surface area contributed by atoms with E-state index >= 15 is 0 Å². The number of hydrogen-bond acceptors (Lipinski definition) is 0. The average molecular weight is 527 g/mol. The number of halogens is 1. The van der Waals surface area contributed by atoms with Crippen LogP contribution in [0.25, 0.3) is 0 Å². The molecule has 0 spiro atoms. The molecule has 0 saturated carbocycles. The van der Waals surface area contributed by atoms with Crippen LogP contribution in [0, 0.1) is 0 Å². The van der Waals surface area contributed by atoms with Crippen molar-refractivity contribution in [3.05, 3.63) is 0 Å². The van der Waals surface area contributed by atoms with Crippen molar-refractivity contribution in [2.75, 3.05) is 24.6 Å². The molecule has 0 N–H and O–H groups in total. The van der Waals surface area contributed by atoms with E-state index in [4.69, 9.17) is 0 Å². The summed E-state index contributed by atoms with van der Waals surface area (Å²) < 4.78 is -1.53. The molecule has 0 fully saturated rings. The van der Waals surface area contributed by atoms with Crippen LogP contribution < -0.4 is 0 Å². The first-order chi connectivity index (χ1) is 13.5.